The van der Waals surface area contributed by atoms with Gasteiger partial charge in [0.15, 0.2) is 5.16 Å². The molecule has 0 aliphatic carbocycles. The topological polar surface area (TPSA) is 73.2 Å². The van der Waals surface area contributed by atoms with Crippen LogP contribution in [0.2, 0.25) is 0 Å². The molecule has 6 nitrogen and oxygen atoms in total. The Labute approximate surface area is 144 Å². The standard InChI is InChI=1S/C17H19N3O3S/c1-11-7-16(22)20-13(10-24-17(20)19-11)8-15(21)18-9-12-5-3-4-6-14(12)23-2/h3-7,13H,8-10H2,1-2H3,(H,18,21)/t13-/m1/s1. The Hall–Kier alpha value is -2.28. The van der Waals surface area contributed by atoms with Crippen LogP contribution in [0.1, 0.15) is 23.7 Å². The van der Waals surface area contributed by atoms with Gasteiger partial charge in [0.25, 0.3) is 5.56 Å². The molecule has 1 N–H and O–H groups in total. The number of hydrogen-bond acceptors (Lipinski definition) is 5. The third-order valence-corrected chi connectivity index (χ3v) is 5.01. The van der Waals surface area contributed by atoms with Gasteiger partial charge < -0.3 is 10.1 Å². The van der Waals surface area contributed by atoms with Gasteiger partial charge in [-0.05, 0) is 13.0 Å². The lowest BCUT2D eigenvalue weighted by Crippen LogP contribution is -2.30. The first kappa shape index (κ1) is 16.6. The summed E-state index contributed by atoms with van der Waals surface area (Å²) in [7, 11) is 1.61. The summed E-state index contributed by atoms with van der Waals surface area (Å²) in [5, 5.41) is 3.60. The summed E-state index contributed by atoms with van der Waals surface area (Å²) < 4.78 is 6.90. The van der Waals surface area contributed by atoms with Crippen molar-refractivity contribution in [3.8, 4) is 5.75 Å². The number of benzene rings is 1. The molecular weight excluding hydrogens is 326 g/mol. The number of nitrogens with zero attached hydrogens (tertiary/aromatic N) is 2. The molecule has 1 atom stereocenters. The molecule has 2 aromatic rings. The van der Waals surface area contributed by atoms with E-state index in [1.807, 2.05) is 24.3 Å². The highest BCUT2D eigenvalue weighted by Crippen LogP contribution is 2.31. The molecule has 0 bridgehead atoms. The predicted molar refractivity (Wildman–Crippen MR) is 92.5 cm³/mol. The van der Waals surface area contributed by atoms with Crippen LogP contribution < -0.4 is 15.6 Å². The van der Waals surface area contributed by atoms with E-state index in [0.29, 0.717) is 23.1 Å². The fourth-order valence-electron chi connectivity index (χ4n) is 2.74. The van der Waals surface area contributed by atoms with Crippen molar-refractivity contribution in [2.75, 3.05) is 12.9 Å². The first-order valence-electron chi connectivity index (χ1n) is 7.70. The minimum absolute atomic E-state index is 0.0909. The SMILES string of the molecule is COc1ccccc1CNC(=O)C[C@@H]1CSc2nc(C)cc(=O)n21. The Balaban J connectivity index is 1.64. The van der Waals surface area contributed by atoms with Gasteiger partial charge in [0.2, 0.25) is 5.91 Å². The van der Waals surface area contributed by atoms with E-state index >= 15 is 0 Å². The Morgan fingerprint density at radius 2 is 2.25 bits per heavy atom. The molecule has 2 heterocycles. The van der Waals surface area contributed by atoms with Gasteiger partial charge in [-0.25, -0.2) is 4.98 Å². The van der Waals surface area contributed by atoms with Crippen LogP contribution in [-0.2, 0) is 11.3 Å². The van der Waals surface area contributed by atoms with E-state index in [9.17, 15) is 9.59 Å². The quantitative estimate of drug-likeness (QED) is 0.838. The van der Waals surface area contributed by atoms with Gasteiger partial charge in [-0.2, -0.15) is 0 Å². The van der Waals surface area contributed by atoms with Crippen molar-refractivity contribution < 1.29 is 9.53 Å². The van der Waals surface area contributed by atoms with Crippen LogP contribution in [0, 0.1) is 6.92 Å². The van der Waals surface area contributed by atoms with Crippen LogP contribution in [0.15, 0.2) is 40.3 Å². The second-order valence-corrected chi connectivity index (χ2v) is 6.63. The molecule has 1 amide bonds. The molecule has 0 saturated heterocycles. The molecule has 1 aromatic carbocycles. The Bertz CT molecular complexity index is 819. The van der Waals surface area contributed by atoms with E-state index in [-0.39, 0.29) is 23.9 Å². The molecule has 0 radical (unpaired) electrons. The maximum absolute atomic E-state index is 12.3. The van der Waals surface area contributed by atoms with E-state index in [0.717, 1.165) is 11.3 Å². The van der Waals surface area contributed by atoms with Gasteiger partial charge in [-0.3, -0.25) is 14.2 Å². The van der Waals surface area contributed by atoms with Crippen LogP contribution >= 0.6 is 11.8 Å². The summed E-state index contributed by atoms with van der Waals surface area (Å²) in [5.41, 5.74) is 1.54. The van der Waals surface area contributed by atoms with Crippen LogP contribution in [-0.4, -0.2) is 28.3 Å². The highest BCUT2D eigenvalue weighted by molar-refractivity contribution is 7.99. The summed E-state index contributed by atoms with van der Waals surface area (Å²) >= 11 is 1.52. The van der Waals surface area contributed by atoms with Crippen molar-refractivity contribution in [2.24, 2.45) is 0 Å². The number of carbonyl (C=O) groups excluding carboxylic acids is 1. The minimum atomic E-state index is -0.150. The third kappa shape index (κ3) is 3.46. The Kier molecular flexibility index (Phi) is 4.89. The average molecular weight is 345 g/mol. The van der Waals surface area contributed by atoms with Gasteiger partial charge in [-0.1, -0.05) is 30.0 Å². The van der Waals surface area contributed by atoms with Crippen LogP contribution in [0.4, 0.5) is 0 Å². The fourth-order valence-corrected chi connectivity index (χ4v) is 3.94. The summed E-state index contributed by atoms with van der Waals surface area (Å²) in [6.45, 7) is 2.20. The summed E-state index contributed by atoms with van der Waals surface area (Å²) in [6.07, 6.45) is 0.264. The molecule has 24 heavy (non-hydrogen) atoms. The molecule has 0 saturated carbocycles. The van der Waals surface area contributed by atoms with Gasteiger partial charge in [0, 0.05) is 36.0 Å². The number of aryl methyl sites for hydroxylation is 1. The molecule has 3 rings (SSSR count). The fraction of sp³-hybridized carbons (Fsp3) is 0.353. The molecule has 7 heteroatoms. The number of amides is 1. The van der Waals surface area contributed by atoms with Gasteiger partial charge in [0.05, 0.1) is 13.2 Å². The average Bonchev–Trinajstić information content (AvgIpc) is 2.96. The monoisotopic (exact) mass is 345 g/mol. The van der Waals surface area contributed by atoms with E-state index < -0.39 is 0 Å². The lowest BCUT2D eigenvalue weighted by atomic mass is 10.2. The highest BCUT2D eigenvalue weighted by atomic mass is 32.2. The van der Waals surface area contributed by atoms with Crippen molar-refractivity contribution >= 4 is 17.7 Å². The van der Waals surface area contributed by atoms with Gasteiger partial charge in [0.1, 0.15) is 5.75 Å². The molecule has 1 aliphatic rings. The maximum Gasteiger partial charge on any atom is 0.254 e. The van der Waals surface area contributed by atoms with Crippen molar-refractivity contribution in [3.05, 3.63) is 51.9 Å². The first-order chi connectivity index (χ1) is 11.6. The molecular formula is C17H19N3O3S. The number of hydrogen-bond donors (Lipinski definition) is 1. The number of methoxy groups -OCH3 is 1. The number of fused-ring (bicyclic) bond motifs is 1. The van der Waals surface area contributed by atoms with Crippen molar-refractivity contribution in [2.45, 2.75) is 31.1 Å². The zero-order valence-corrected chi connectivity index (χ0v) is 14.4. The van der Waals surface area contributed by atoms with Crippen LogP contribution in [0.5, 0.6) is 5.75 Å². The molecule has 0 unspecified atom stereocenters. The first-order valence-corrected chi connectivity index (χ1v) is 8.68. The van der Waals surface area contributed by atoms with Crippen LogP contribution in [0.25, 0.3) is 0 Å². The Morgan fingerprint density at radius 1 is 1.46 bits per heavy atom. The molecule has 0 spiro atoms. The summed E-state index contributed by atoms with van der Waals surface area (Å²) in [4.78, 5) is 28.8. The maximum atomic E-state index is 12.3. The number of aromatic nitrogens is 2. The minimum Gasteiger partial charge on any atom is -0.496 e. The zero-order chi connectivity index (χ0) is 17.1. The predicted octanol–water partition coefficient (Wildman–Crippen LogP) is 1.91. The number of para-hydroxylation sites is 1. The van der Waals surface area contributed by atoms with Crippen LogP contribution in [0.3, 0.4) is 0 Å². The number of thioether (sulfide) groups is 1. The number of rotatable bonds is 5. The second kappa shape index (κ2) is 7.09. The van der Waals surface area contributed by atoms with Crippen molar-refractivity contribution in [1.29, 1.82) is 0 Å². The summed E-state index contributed by atoms with van der Waals surface area (Å²) in [5.74, 6) is 1.34. The molecule has 1 aliphatic heterocycles. The van der Waals surface area contributed by atoms with E-state index in [4.69, 9.17) is 4.74 Å². The Morgan fingerprint density at radius 3 is 3.04 bits per heavy atom. The smallest absolute Gasteiger partial charge is 0.254 e. The number of nitrogens with one attached hydrogen (secondary N) is 1. The van der Waals surface area contributed by atoms with E-state index in [2.05, 4.69) is 10.3 Å². The zero-order valence-electron chi connectivity index (χ0n) is 13.6. The molecule has 0 fully saturated rings. The van der Waals surface area contributed by atoms with Crippen molar-refractivity contribution in [1.82, 2.24) is 14.9 Å². The molecule has 126 valence electrons. The number of carbonyl (C=O) groups is 1. The largest absolute Gasteiger partial charge is 0.496 e. The summed E-state index contributed by atoms with van der Waals surface area (Å²) in [6, 6.07) is 8.92. The highest BCUT2D eigenvalue weighted by Gasteiger charge is 2.27. The molecule has 1 aromatic heterocycles. The third-order valence-electron chi connectivity index (χ3n) is 3.91. The van der Waals surface area contributed by atoms with Crippen molar-refractivity contribution in [3.63, 3.8) is 0 Å². The second-order valence-electron chi connectivity index (χ2n) is 5.65. The van der Waals surface area contributed by atoms with Gasteiger partial charge in [-0.15, -0.1) is 0 Å². The lowest BCUT2D eigenvalue weighted by Gasteiger charge is -2.14. The van der Waals surface area contributed by atoms with Gasteiger partial charge >= 0.3 is 0 Å². The van der Waals surface area contributed by atoms with E-state index in [1.165, 1.54) is 17.8 Å². The lowest BCUT2D eigenvalue weighted by molar-refractivity contribution is -0.121. The number of ether oxygens (including phenoxy) is 1. The normalized spacial score (nSPS) is 15.8. The van der Waals surface area contributed by atoms with E-state index in [1.54, 1.807) is 18.6 Å².